The van der Waals surface area contributed by atoms with Gasteiger partial charge < -0.3 is 24.3 Å². The Morgan fingerprint density at radius 1 is 0.974 bits per heavy atom. The molecule has 4 rings (SSSR count). The number of benzene rings is 2. The molecule has 3 amide bonds. The Morgan fingerprint density at radius 2 is 1.63 bits per heavy atom. The second-order valence-corrected chi connectivity index (χ2v) is 10.7. The maximum absolute atomic E-state index is 13.7. The normalized spacial score (nSPS) is 14.6. The molecular formula is C25H23ClFN3O7S. The predicted octanol–water partition coefficient (Wildman–Crippen LogP) is 2.35. The zero-order valence-electron chi connectivity index (χ0n) is 19.9. The zero-order chi connectivity index (χ0) is 27.3. The van der Waals surface area contributed by atoms with Crippen LogP contribution in [0, 0.1) is 5.82 Å². The van der Waals surface area contributed by atoms with Gasteiger partial charge in [-0.2, -0.15) is 0 Å². The number of para-hydroxylation sites is 1. The standard InChI is InChI=1S/C25H23ClFN3O7S/c26-17-7-9-18(10-8-17)38(34,35)24(28-23(32)21-6-3-15-36-21)25(33)30-13-11-29(12-14-30)22(31)16-37-20-5-2-1-4-19(20)27/h1-10,15,24H,11-14,16H2,(H,28,32)/t24-/m1/s1. The van der Waals surface area contributed by atoms with Crippen molar-refractivity contribution in [1.29, 1.82) is 0 Å². The molecule has 10 nitrogen and oxygen atoms in total. The van der Waals surface area contributed by atoms with E-state index in [0.29, 0.717) is 5.02 Å². The molecule has 2 aromatic carbocycles. The minimum Gasteiger partial charge on any atom is -0.481 e. The van der Waals surface area contributed by atoms with Gasteiger partial charge in [0.15, 0.2) is 23.9 Å². The van der Waals surface area contributed by atoms with Crippen LogP contribution in [-0.2, 0) is 19.4 Å². The molecule has 1 aromatic heterocycles. The fourth-order valence-electron chi connectivity index (χ4n) is 3.76. The number of amides is 3. The second kappa shape index (κ2) is 11.7. The van der Waals surface area contributed by atoms with Crippen molar-refractivity contribution < 1.29 is 36.3 Å². The third-order valence-electron chi connectivity index (χ3n) is 5.82. The van der Waals surface area contributed by atoms with Crippen LogP contribution >= 0.6 is 11.6 Å². The van der Waals surface area contributed by atoms with Gasteiger partial charge in [-0.15, -0.1) is 0 Å². The van der Waals surface area contributed by atoms with Crippen molar-refractivity contribution >= 4 is 39.2 Å². The highest BCUT2D eigenvalue weighted by molar-refractivity contribution is 7.92. The van der Waals surface area contributed by atoms with Crippen molar-refractivity contribution in [1.82, 2.24) is 15.1 Å². The SMILES string of the molecule is O=C(N[C@@H](C(=O)N1CCN(C(=O)COc2ccccc2F)CC1)S(=O)(=O)c1ccc(Cl)cc1)c1ccco1. The van der Waals surface area contributed by atoms with Crippen molar-refractivity contribution in [2.45, 2.75) is 10.3 Å². The Hall–Kier alpha value is -3.90. The van der Waals surface area contributed by atoms with Gasteiger partial charge in [-0.3, -0.25) is 14.4 Å². The van der Waals surface area contributed by atoms with Gasteiger partial charge in [-0.05, 0) is 48.5 Å². The number of carbonyl (C=O) groups is 3. The Labute approximate surface area is 222 Å². The van der Waals surface area contributed by atoms with Gasteiger partial charge in [0.2, 0.25) is 15.2 Å². The molecular weight excluding hydrogens is 541 g/mol. The fourth-order valence-corrected chi connectivity index (χ4v) is 5.36. The van der Waals surface area contributed by atoms with Gasteiger partial charge in [0.05, 0.1) is 11.2 Å². The highest BCUT2D eigenvalue weighted by Gasteiger charge is 2.40. The fraction of sp³-hybridized carbons (Fsp3) is 0.240. The van der Waals surface area contributed by atoms with E-state index in [4.69, 9.17) is 20.8 Å². The number of sulfone groups is 1. The van der Waals surface area contributed by atoms with Crippen LogP contribution in [0.2, 0.25) is 5.02 Å². The summed E-state index contributed by atoms with van der Waals surface area (Å²) in [6.45, 7) is -0.210. The van der Waals surface area contributed by atoms with Gasteiger partial charge in [-0.25, -0.2) is 12.8 Å². The van der Waals surface area contributed by atoms with Gasteiger partial charge in [0, 0.05) is 31.2 Å². The Bertz CT molecular complexity index is 1410. The van der Waals surface area contributed by atoms with Crippen LogP contribution in [0.1, 0.15) is 10.6 Å². The van der Waals surface area contributed by atoms with Crippen molar-refractivity contribution in [3.05, 3.63) is 83.5 Å². The maximum Gasteiger partial charge on any atom is 0.288 e. The van der Waals surface area contributed by atoms with E-state index in [9.17, 15) is 27.2 Å². The van der Waals surface area contributed by atoms with Crippen molar-refractivity contribution in [3.8, 4) is 5.75 Å². The number of nitrogens with zero attached hydrogens (tertiary/aromatic N) is 2. The first-order valence-electron chi connectivity index (χ1n) is 11.4. The zero-order valence-corrected chi connectivity index (χ0v) is 21.5. The van der Waals surface area contributed by atoms with Crippen LogP contribution in [0.3, 0.4) is 0 Å². The third kappa shape index (κ3) is 6.14. The lowest BCUT2D eigenvalue weighted by atomic mass is 10.3. The van der Waals surface area contributed by atoms with E-state index < -0.39 is 45.4 Å². The lowest BCUT2D eigenvalue weighted by Crippen LogP contribution is -2.58. The number of furan rings is 1. The molecule has 3 aromatic rings. The molecule has 1 saturated heterocycles. The van der Waals surface area contributed by atoms with Crippen molar-refractivity contribution in [3.63, 3.8) is 0 Å². The van der Waals surface area contributed by atoms with Gasteiger partial charge >= 0.3 is 0 Å². The first kappa shape index (κ1) is 27.1. The molecule has 1 fully saturated rings. The summed E-state index contributed by atoms with van der Waals surface area (Å²) in [6.07, 6.45) is 1.24. The summed E-state index contributed by atoms with van der Waals surface area (Å²) in [6, 6.07) is 13.7. The first-order valence-corrected chi connectivity index (χ1v) is 13.4. The molecule has 0 bridgehead atoms. The largest absolute Gasteiger partial charge is 0.481 e. The summed E-state index contributed by atoms with van der Waals surface area (Å²) in [5.74, 6) is -2.99. The molecule has 0 radical (unpaired) electrons. The first-order chi connectivity index (χ1) is 18.2. The minimum absolute atomic E-state index is 0.00747. The highest BCUT2D eigenvalue weighted by Crippen LogP contribution is 2.21. The van der Waals surface area contributed by atoms with E-state index in [1.165, 1.54) is 70.7 Å². The molecule has 0 unspecified atom stereocenters. The average Bonchev–Trinajstić information content (AvgIpc) is 3.46. The molecule has 1 aliphatic heterocycles. The molecule has 1 aliphatic rings. The topological polar surface area (TPSA) is 126 Å². The van der Waals surface area contributed by atoms with Crippen molar-refractivity contribution in [2.24, 2.45) is 0 Å². The summed E-state index contributed by atoms with van der Waals surface area (Å²) in [4.78, 5) is 41.1. The van der Waals surface area contributed by atoms with E-state index in [0.717, 1.165) is 0 Å². The lowest BCUT2D eigenvalue weighted by Gasteiger charge is -2.36. The van der Waals surface area contributed by atoms with Crippen LogP contribution in [-0.4, -0.2) is 74.1 Å². The minimum atomic E-state index is -4.39. The molecule has 1 N–H and O–H groups in total. The number of ether oxygens (including phenoxy) is 1. The van der Waals surface area contributed by atoms with E-state index in [-0.39, 0.29) is 42.6 Å². The van der Waals surface area contributed by atoms with Gasteiger partial charge in [0.25, 0.3) is 17.7 Å². The predicted molar refractivity (Wildman–Crippen MR) is 134 cm³/mol. The van der Waals surface area contributed by atoms with E-state index in [1.807, 2.05) is 0 Å². The number of halogens is 2. The number of rotatable bonds is 8. The lowest BCUT2D eigenvalue weighted by molar-refractivity contribution is -0.140. The van der Waals surface area contributed by atoms with E-state index in [1.54, 1.807) is 6.07 Å². The second-order valence-electron chi connectivity index (χ2n) is 8.25. The molecule has 2 heterocycles. The number of hydrogen-bond donors (Lipinski definition) is 1. The molecule has 0 aliphatic carbocycles. The van der Waals surface area contributed by atoms with E-state index >= 15 is 0 Å². The summed E-state index contributed by atoms with van der Waals surface area (Å²) in [7, 11) is -4.39. The summed E-state index contributed by atoms with van der Waals surface area (Å²) in [5.41, 5.74) is 0. The third-order valence-corrected chi connectivity index (χ3v) is 7.94. The quantitative estimate of drug-likeness (QED) is 0.446. The Balaban J connectivity index is 1.45. The molecule has 0 spiro atoms. The molecule has 200 valence electrons. The monoisotopic (exact) mass is 563 g/mol. The summed E-state index contributed by atoms with van der Waals surface area (Å²) < 4.78 is 50.8. The summed E-state index contributed by atoms with van der Waals surface area (Å²) >= 11 is 5.87. The maximum atomic E-state index is 13.7. The van der Waals surface area contributed by atoms with Crippen LogP contribution in [0.25, 0.3) is 0 Å². The number of carbonyl (C=O) groups excluding carboxylic acids is 3. The van der Waals surface area contributed by atoms with Crippen LogP contribution in [0.15, 0.2) is 76.2 Å². The number of nitrogens with one attached hydrogen (secondary N) is 1. The molecule has 13 heteroatoms. The van der Waals surface area contributed by atoms with Crippen LogP contribution in [0.5, 0.6) is 5.75 Å². The Morgan fingerprint density at radius 3 is 2.26 bits per heavy atom. The van der Waals surface area contributed by atoms with E-state index in [2.05, 4.69) is 5.32 Å². The van der Waals surface area contributed by atoms with Gasteiger partial charge in [-0.1, -0.05) is 23.7 Å². The Kier molecular flexibility index (Phi) is 8.32. The van der Waals surface area contributed by atoms with Gasteiger partial charge in [0.1, 0.15) is 0 Å². The number of hydrogen-bond acceptors (Lipinski definition) is 7. The highest BCUT2D eigenvalue weighted by atomic mass is 35.5. The summed E-state index contributed by atoms with van der Waals surface area (Å²) in [5, 5.41) is 0.613. The molecule has 1 atom stereocenters. The smallest absolute Gasteiger partial charge is 0.288 e. The molecule has 38 heavy (non-hydrogen) atoms. The van der Waals surface area contributed by atoms with Crippen LogP contribution < -0.4 is 10.1 Å². The average molecular weight is 564 g/mol. The molecule has 0 saturated carbocycles. The van der Waals surface area contributed by atoms with Crippen molar-refractivity contribution in [2.75, 3.05) is 32.8 Å². The number of piperazine rings is 1. The van der Waals surface area contributed by atoms with Crippen LogP contribution in [0.4, 0.5) is 4.39 Å².